The van der Waals surface area contributed by atoms with Crippen LogP contribution in [0.3, 0.4) is 0 Å². The molecule has 0 radical (unpaired) electrons. The zero-order valence-corrected chi connectivity index (χ0v) is 17.7. The number of para-hydroxylation sites is 1. The maximum Gasteiger partial charge on any atom is 0.321 e. The number of nitrogens with one attached hydrogen (secondary N) is 1. The zero-order valence-electron chi connectivity index (χ0n) is 17.7. The summed E-state index contributed by atoms with van der Waals surface area (Å²) in [6, 6.07) is 9.66. The van der Waals surface area contributed by atoms with Gasteiger partial charge in [0, 0.05) is 44.0 Å². The van der Waals surface area contributed by atoms with Gasteiger partial charge in [0.25, 0.3) is 0 Å². The number of piperazine rings is 1. The predicted molar refractivity (Wildman–Crippen MR) is 115 cm³/mol. The third kappa shape index (κ3) is 4.34. The Hall–Kier alpha value is -3.09. The number of benzene rings is 2. The van der Waals surface area contributed by atoms with Crippen LogP contribution in [0.4, 0.5) is 16.2 Å². The zero-order chi connectivity index (χ0) is 21.0. The van der Waals surface area contributed by atoms with Gasteiger partial charge in [-0.2, -0.15) is 0 Å². The van der Waals surface area contributed by atoms with Crippen LogP contribution in [0.5, 0.6) is 17.2 Å². The highest BCUT2D eigenvalue weighted by Crippen LogP contribution is 2.40. The van der Waals surface area contributed by atoms with Gasteiger partial charge in [-0.1, -0.05) is 18.2 Å². The second-order valence-corrected chi connectivity index (χ2v) is 7.06. The van der Waals surface area contributed by atoms with Gasteiger partial charge in [-0.25, -0.2) is 4.79 Å². The minimum Gasteiger partial charge on any atom is -0.493 e. The second-order valence-electron chi connectivity index (χ2n) is 7.06. The molecule has 0 atom stereocenters. The van der Waals surface area contributed by atoms with Crippen LogP contribution in [0.1, 0.15) is 11.1 Å². The minimum atomic E-state index is -0.138. The molecule has 0 unspecified atom stereocenters. The van der Waals surface area contributed by atoms with Gasteiger partial charge >= 0.3 is 6.03 Å². The van der Waals surface area contributed by atoms with Crippen LogP contribution in [0.15, 0.2) is 30.3 Å². The molecule has 1 aliphatic heterocycles. The van der Waals surface area contributed by atoms with E-state index in [9.17, 15) is 4.79 Å². The minimum absolute atomic E-state index is 0.138. The molecular weight excluding hydrogens is 370 g/mol. The second kappa shape index (κ2) is 8.94. The molecule has 29 heavy (non-hydrogen) atoms. The highest BCUT2D eigenvalue weighted by molar-refractivity contribution is 5.90. The molecule has 7 heteroatoms. The highest BCUT2D eigenvalue weighted by Gasteiger charge is 2.23. The normalized spacial score (nSPS) is 13.8. The fourth-order valence-electron chi connectivity index (χ4n) is 3.79. The number of amides is 2. The number of rotatable bonds is 5. The monoisotopic (exact) mass is 399 g/mol. The number of methoxy groups -OCH3 is 3. The van der Waals surface area contributed by atoms with Gasteiger partial charge in [-0.05, 0) is 25.0 Å². The average molecular weight is 399 g/mol. The average Bonchev–Trinajstić information content (AvgIpc) is 2.73. The first kappa shape index (κ1) is 20.6. The Balaban J connectivity index is 1.67. The summed E-state index contributed by atoms with van der Waals surface area (Å²) in [5.41, 5.74) is 4.40. The van der Waals surface area contributed by atoms with E-state index in [0.29, 0.717) is 36.0 Å². The third-order valence-electron chi connectivity index (χ3n) is 5.24. The largest absolute Gasteiger partial charge is 0.493 e. The summed E-state index contributed by atoms with van der Waals surface area (Å²) in [4.78, 5) is 17.0. The van der Waals surface area contributed by atoms with Crippen LogP contribution in [-0.4, -0.2) is 58.4 Å². The summed E-state index contributed by atoms with van der Waals surface area (Å²) in [6.45, 7) is 7.18. The summed E-state index contributed by atoms with van der Waals surface area (Å²) in [6.07, 6.45) is 0. The molecule has 0 saturated carbocycles. The van der Waals surface area contributed by atoms with E-state index >= 15 is 0 Å². The van der Waals surface area contributed by atoms with Crippen molar-refractivity contribution in [2.24, 2.45) is 0 Å². The van der Waals surface area contributed by atoms with E-state index in [0.717, 1.165) is 13.1 Å². The number of ether oxygens (including phenoxy) is 3. The maximum atomic E-state index is 12.8. The van der Waals surface area contributed by atoms with Crippen molar-refractivity contribution >= 4 is 17.4 Å². The van der Waals surface area contributed by atoms with Crippen LogP contribution >= 0.6 is 0 Å². The van der Waals surface area contributed by atoms with Crippen LogP contribution < -0.4 is 24.4 Å². The smallest absolute Gasteiger partial charge is 0.321 e. The Labute approximate surface area is 172 Å². The van der Waals surface area contributed by atoms with Crippen LogP contribution in [0, 0.1) is 13.8 Å². The number of nitrogens with zero attached hydrogens (tertiary/aromatic N) is 2. The molecule has 0 bridgehead atoms. The first-order valence-electron chi connectivity index (χ1n) is 9.65. The van der Waals surface area contributed by atoms with E-state index in [4.69, 9.17) is 14.2 Å². The molecule has 1 saturated heterocycles. The number of carbonyl (C=O) groups is 1. The van der Waals surface area contributed by atoms with E-state index < -0.39 is 0 Å². The molecule has 2 amide bonds. The van der Waals surface area contributed by atoms with Crippen LogP contribution in [0.25, 0.3) is 0 Å². The number of anilines is 2. The standard InChI is InChI=1S/C22H29N3O4/c1-15-7-6-8-16(2)20(15)24-9-11-25(12-10-24)22(26)23-17-13-18(27-3)21(29-5)19(14-17)28-4/h6-8,13-14H,9-12H2,1-5H3,(H,23,26). The Morgan fingerprint density at radius 1 is 0.897 bits per heavy atom. The molecule has 1 aliphatic rings. The maximum absolute atomic E-state index is 12.8. The first-order valence-corrected chi connectivity index (χ1v) is 9.65. The predicted octanol–water partition coefficient (Wildman–Crippen LogP) is 3.68. The Morgan fingerprint density at radius 3 is 1.93 bits per heavy atom. The van der Waals surface area contributed by atoms with Crippen LogP contribution in [0.2, 0.25) is 0 Å². The van der Waals surface area contributed by atoms with Crippen molar-refractivity contribution in [1.29, 1.82) is 0 Å². The van der Waals surface area contributed by atoms with Gasteiger partial charge in [0.05, 0.1) is 27.0 Å². The molecule has 1 N–H and O–H groups in total. The fraction of sp³-hybridized carbons (Fsp3) is 0.409. The summed E-state index contributed by atoms with van der Waals surface area (Å²) >= 11 is 0. The van der Waals surface area contributed by atoms with Gasteiger partial charge in [0.2, 0.25) is 5.75 Å². The van der Waals surface area contributed by atoms with Crippen molar-refractivity contribution < 1.29 is 19.0 Å². The summed E-state index contributed by atoms with van der Waals surface area (Å²) in [7, 11) is 4.65. The van der Waals surface area contributed by atoms with Crippen molar-refractivity contribution in [3.63, 3.8) is 0 Å². The molecule has 2 aromatic carbocycles. The van der Waals surface area contributed by atoms with Crippen LogP contribution in [-0.2, 0) is 0 Å². The van der Waals surface area contributed by atoms with E-state index in [2.05, 4.69) is 42.3 Å². The molecule has 0 aliphatic carbocycles. The van der Waals surface area contributed by atoms with Gasteiger partial charge in [0.1, 0.15) is 0 Å². The molecular formula is C22H29N3O4. The highest BCUT2D eigenvalue weighted by atomic mass is 16.5. The molecule has 0 spiro atoms. The Kier molecular flexibility index (Phi) is 6.36. The lowest BCUT2D eigenvalue weighted by Crippen LogP contribution is -2.50. The van der Waals surface area contributed by atoms with Gasteiger partial charge in [-0.3, -0.25) is 0 Å². The SMILES string of the molecule is COc1cc(NC(=O)N2CCN(c3c(C)cccc3C)CC2)cc(OC)c1OC. The van der Waals surface area contributed by atoms with E-state index in [1.807, 2.05) is 4.90 Å². The Bertz CT molecular complexity index is 831. The molecule has 156 valence electrons. The molecule has 2 aromatic rings. The van der Waals surface area contributed by atoms with Gasteiger partial charge < -0.3 is 29.3 Å². The van der Waals surface area contributed by atoms with Crippen molar-refractivity contribution in [2.75, 3.05) is 57.7 Å². The number of hydrogen-bond acceptors (Lipinski definition) is 5. The van der Waals surface area contributed by atoms with Gasteiger partial charge in [-0.15, -0.1) is 0 Å². The van der Waals surface area contributed by atoms with Crippen molar-refractivity contribution in [1.82, 2.24) is 4.90 Å². The number of urea groups is 1. The molecule has 3 rings (SSSR count). The number of hydrogen-bond donors (Lipinski definition) is 1. The van der Waals surface area contributed by atoms with E-state index in [-0.39, 0.29) is 6.03 Å². The third-order valence-corrected chi connectivity index (χ3v) is 5.24. The lowest BCUT2D eigenvalue weighted by Gasteiger charge is -2.37. The van der Waals surface area contributed by atoms with Crippen molar-refractivity contribution in [3.8, 4) is 17.2 Å². The molecule has 1 heterocycles. The number of aryl methyl sites for hydroxylation is 2. The van der Waals surface area contributed by atoms with Crippen molar-refractivity contribution in [2.45, 2.75) is 13.8 Å². The molecule has 0 aromatic heterocycles. The van der Waals surface area contributed by atoms with Crippen molar-refractivity contribution in [3.05, 3.63) is 41.5 Å². The summed E-state index contributed by atoms with van der Waals surface area (Å²) in [5, 5.41) is 2.94. The topological polar surface area (TPSA) is 63.3 Å². The lowest BCUT2D eigenvalue weighted by molar-refractivity contribution is 0.208. The molecule has 7 nitrogen and oxygen atoms in total. The quantitative estimate of drug-likeness (QED) is 0.831. The Morgan fingerprint density at radius 2 is 1.45 bits per heavy atom. The van der Waals surface area contributed by atoms with Gasteiger partial charge in [0.15, 0.2) is 11.5 Å². The summed E-state index contributed by atoms with van der Waals surface area (Å²) < 4.78 is 16.0. The lowest BCUT2D eigenvalue weighted by atomic mass is 10.1. The molecule has 1 fully saturated rings. The summed E-state index contributed by atoms with van der Waals surface area (Å²) in [5.74, 6) is 1.50. The van der Waals surface area contributed by atoms with E-state index in [1.54, 1.807) is 33.5 Å². The first-order chi connectivity index (χ1) is 14.0. The fourth-order valence-corrected chi connectivity index (χ4v) is 3.79. The van der Waals surface area contributed by atoms with E-state index in [1.165, 1.54) is 16.8 Å². The number of carbonyl (C=O) groups excluding carboxylic acids is 1.